The van der Waals surface area contributed by atoms with Gasteiger partial charge in [0.2, 0.25) is 0 Å². The Hall–Kier alpha value is -3.24. The van der Waals surface area contributed by atoms with Gasteiger partial charge in [-0.25, -0.2) is 4.39 Å². The molecule has 0 aliphatic heterocycles. The van der Waals surface area contributed by atoms with Gasteiger partial charge in [0.1, 0.15) is 18.2 Å². The lowest BCUT2D eigenvalue weighted by atomic mass is 10.1. The molecule has 0 radical (unpaired) electrons. The first kappa shape index (κ1) is 18.1. The number of ketones is 2. The van der Waals surface area contributed by atoms with E-state index in [2.05, 4.69) is 0 Å². The van der Waals surface area contributed by atoms with Crippen molar-refractivity contribution in [3.8, 4) is 5.75 Å². The summed E-state index contributed by atoms with van der Waals surface area (Å²) in [5, 5.41) is 0.305. The number of hydrogen-bond donors (Lipinski definition) is 0. The minimum absolute atomic E-state index is 0.160. The van der Waals surface area contributed by atoms with Crippen LogP contribution in [-0.2, 0) is 6.61 Å². The van der Waals surface area contributed by atoms with Crippen LogP contribution in [0.15, 0.2) is 72.3 Å². The van der Waals surface area contributed by atoms with Gasteiger partial charge in [0.25, 0.3) is 0 Å². The van der Waals surface area contributed by atoms with Gasteiger partial charge in [-0.2, -0.15) is 0 Å². The van der Waals surface area contributed by atoms with Gasteiger partial charge in [-0.3, -0.25) is 9.59 Å². The van der Waals surface area contributed by atoms with Crippen LogP contribution in [0.5, 0.6) is 5.75 Å². The molecule has 0 aromatic heterocycles. The van der Waals surface area contributed by atoms with Crippen LogP contribution in [0.4, 0.5) is 4.39 Å². The van der Waals surface area contributed by atoms with Crippen molar-refractivity contribution in [2.45, 2.75) is 6.61 Å². The fraction of sp³-hybridized carbons (Fsp3) is 0.0435. The normalized spacial score (nSPS) is 12.9. The zero-order valence-electron chi connectivity index (χ0n) is 14.6. The fourth-order valence-corrected chi connectivity index (χ4v) is 3.25. The molecule has 3 aromatic carbocycles. The predicted molar refractivity (Wildman–Crippen MR) is 105 cm³/mol. The van der Waals surface area contributed by atoms with Crippen LogP contribution < -0.4 is 4.74 Å². The summed E-state index contributed by atoms with van der Waals surface area (Å²) >= 11 is 5.99. The summed E-state index contributed by atoms with van der Waals surface area (Å²) in [7, 11) is 0. The van der Waals surface area contributed by atoms with E-state index in [9.17, 15) is 14.0 Å². The number of carbonyl (C=O) groups excluding carboxylic acids is 2. The first-order chi connectivity index (χ1) is 13.5. The summed E-state index contributed by atoms with van der Waals surface area (Å²) in [6.45, 7) is 0.200. The molecular formula is C23H14ClFO3. The molecule has 28 heavy (non-hydrogen) atoms. The highest BCUT2D eigenvalue weighted by Gasteiger charge is 2.32. The van der Waals surface area contributed by atoms with Gasteiger partial charge in [0.15, 0.2) is 11.6 Å². The maximum absolute atomic E-state index is 13.1. The zero-order chi connectivity index (χ0) is 19.7. The van der Waals surface area contributed by atoms with Gasteiger partial charge in [0.05, 0.1) is 10.6 Å². The highest BCUT2D eigenvalue weighted by Crippen LogP contribution is 2.28. The van der Waals surface area contributed by atoms with Crippen molar-refractivity contribution in [3.05, 3.63) is 105 Å². The number of rotatable bonds is 4. The Morgan fingerprint density at radius 1 is 0.893 bits per heavy atom. The fourth-order valence-electron chi connectivity index (χ4n) is 3.03. The largest absolute Gasteiger partial charge is 0.489 e. The summed E-state index contributed by atoms with van der Waals surface area (Å²) in [6, 6.07) is 17.9. The topological polar surface area (TPSA) is 43.4 Å². The highest BCUT2D eigenvalue weighted by atomic mass is 35.5. The van der Waals surface area contributed by atoms with Crippen LogP contribution in [0, 0.1) is 5.82 Å². The second kappa shape index (κ2) is 7.41. The van der Waals surface area contributed by atoms with E-state index < -0.39 is 5.82 Å². The third-order valence-electron chi connectivity index (χ3n) is 4.51. The van der Waals surface area contributed by atoms with Gasteiger partial charge in [-0.05, 0) is 35.9 Å². The Labute approximate surface area is 166 Å². The number of hydrogen-bond acceptors (Lipinski definition) is 3. The molecule has 0 bridgehead atoms. The van der Waals surface area contributed by atoms with Gasteiger partial charge in [-0.1, -0.05) is 54.1 Å². The van der Waals surface area contributed by atoms with E-state index in [0.29, 0.717) is 27.5 Å². The van der Waals surface area contributed by atoms with Gasteiger partial charge in [-0.15, -0.1) is 0 Å². The van der Waals surface area contributed by atoms with E-state index in [1.807, 2.05) is 0 Å². The van der Waals surface area contributed by atoms with Crippen LogP contribution in [0.2, 0.25) is 5.02 Å². The maximum Gasteiger partial charge on any atom is 0.197 e. The van der Waals surface area contributed by atoms with E-state index in [4.69, 9.17) is 16.3 Å². The standard InChI is InChI=1S/C23H14ClFO3/c24-21-12-16(25)8-7-15(21)13-28-17-9-5-14(6-10-17)11-20-22(26)18-3-1-2-4-19(18)23(20)27/h1-12H,13H2. The van der Waals surface area contributed by atoms with Crippen LogP contribution in [-0.4, -0.2) is 11.6 Å². The third kappa shape index (κ3) is 3.47. The molecule has 5 heteroatoms. The predicted octanol–water partition coefficient (Wildman–Crippen LogP) is 5.52. The first-order valence-electron chi connectivity index (χ1n) is 8.60. The Morgan fingerprint density at radius 2 is 1.54 bits per heavy atom. The second-order valence-corrected chi connectivity index (χ2v) is 6.76. The van der Waals surface area contributed by atoms with Gasteiger partial charge in [0, 0.05) is 16.7 Å². The number of benzene rings is 3. The van der Waals surface area contributed by atoms with E-state index >= 15 is 0 Å². The molecule has 0 saturated heterocycles. The molecule has 0 spiro atoms. The molecule has 3 aromatic rings. The SMILES string of the molecule is O=C1C(=Cc2ccc(OCc3ccc(F)cc3Cl)cc2)C(=O)c2ccccc21. The van der Waals surface area contributed by atoms with E-state index in [0.717, 1.165) is 5.56 Å². The molecule has 1 aliphatic rings. The molecule has 0 heterocycles. The van der Waals surface area contributed by atoms with Crippen molar-refractivity contribution in [1.29, 1.82) is 0 Å². The average molecular weight is 393 g/mol. The smallest absolute Gasteiger partial charge is 0.197 e. The maximum atomic E-state index is 13.1. The molecule has 0 unspecified atom stereocenters. The summed E-state index contributed by atoms with van der Waals surface area (Å²) in [4.78, 5) is 24.9. The monoisotopic (exact) mass is 392 g/mol. The molecule has 0 amide bonds. The first-order valence-corrected chi connectivity index (χ1v) is 8.97. The second-order valence-electron chi connectivity index (χ2n) is 6.36. The molecule has 4 rings (SSSR count). The van der Waals surface area contributed by atoms with Gasteiger partial charge < -0.3 is 4.74 Å². The van der Waals surface area contributed by atoms with Crippen molar-refractivity contribution in [3.63, 3.8) is 0 Å². The molecule has 138 valence electrons. The summed E-state index contributed by atoms with van der Waals surface area (Å²) in [6.07, 6.45) is 1.59. The van der Waals surface area contributed by atoms with Crippen molar-refractivity contribution in [2.75, 3.05) is 0 Å². The number of halogens is 2. The van der Waals surface area contributed by atoms with Crippen molar-refractivity contribution >= 4 is 29.2 Å². The van der Waals surface area contributed by atoms with Crippen molar-refractivity contribution < 1.29 is 18.7 Å². The highest BCUT2D eigenvalue weighted by molar-refractivity contribution is 6.41. The number of Topliss-reactive ketones (excluding diaryl/α,β-unsaturated/α-hetero) is 2. The lowest BCUT2D eigenvalue weighted by Crippen LogP contribution is -2.00. The van der Waals surface area contributed by atoms with E-state index in [1.165, 1.54) is 12.1 Å². The molecule has 3 nitrogen and oxygen atoms in total. The molecule has 0 saturated carbocycles. The zero-order valence-corrected chi connectivity index (χ0v) is 15.4. The van der Waals surface area contributed by atoms with Crippen LogP contribution >= 0.6 is 11.6 Å². The lowest BCUT2D eigenvalue weighted by Gasteiger charge is -2.08. The Bertz CT molecular complexity index is 1080. The minimum Gasteiger partial charge on any atom is -0.489 e. The van der Waals surface area contributed by atoms with Crippen molar-refractivity contribution in [2.24, 2.45) is 0 Å². The quantitative estimate of drug-likeness (QED) is 0.433. The summed E-state index contributed by atoms with van der Waals surface area (Å²) in [5.41, 5.74) is 2.43. The summed E-state index contributed by atoms with van der Waals surface area (Å²) < 4.78 is 18.8. The Kier molecular flexibility index (Phi) is 4.80. The average Bonchev–Trinajstić information content (AvgIpc) is 2.94. The van der Waals surface area contributed by atoms with Crippen LogP contribution in [0.1, 0.15) is 31.8 Å². The molecule has 0 atom stereocenters. The van der Waals surface area contributed by atoms with Crippen molar-refractivity contribution in [1.82, 2.24) is 0 Å². The number of allylic oxidation sites excluding steroid dienone is 1. The molecular weight excluding hydrogens is 379 g/mol. The number of fused-ring (bicyclic) bond motifs is 1. The molecule has 0 fully saturated rings. The number of ether oxygens (including phenoxy) is 1. The van der Waals surface area contributed by atoms with Crippen LogP contribution in [0.25, 0.3) is 6.08 Å². The third-order valence-corrected chi connectivity index (χ3v) is 4.86. The lowest BCUT2D eigenvalue weighted by molar-refractivity contribution is 0.0990. The Balaban J connectivity index is 1.49. The van der Waals surface area contributed by atoms with E-state index in [-0.39, 0.29) is 23.7 Å². The summed E-state index contributed by atoms with van der Waals surface area (Å²) in [5.74, 6) is -0.321. The molecule has 0 N–H and O–H groups in total. The van der Waals surface area contributed by atoms with E-state index in [1.54, 1.807) is 60.7 Å². The number of carbonyl (C=O) groups is 2. The molecule has 1 aliphatic carbocycles. The Morgan fingerprint density at radius 3 is 2.14 bits per heavy atom. The minimum atomic E-state index is -0.399. The van der Waals surface area contributed by atoms with Crippen LogP contribution in [0.3, 0.4) is 0 Å². The van der Waals surface area contributed by atoms with Gasteiger partial charge >= 0.3 is 0 Å².